The van der Waals surface area contributed by atoms with Crippen LogP contribution in [0.5, 0.6) is 0 Å². The third kappa shape index (κ3) is 4.32. The third-order valence-electron chi connectivity index (χ3n) is 6.57. The monoisotopic (exact) mass is 501 g/mol. The number of thiophene rings is 1. The van der Waals surface area contributed by atoms with Crippen molar-refractivity contribution in [2.24, 2.45) is 4.99 Å². The number of alkyl halides is 3. The first-order chi connectivity index (χ1) is 15.9. The second-order valence-electron chi connectivity index (χ2n) is 8.87. The number of nitrogens with one attached hydrogen (secondary N) is 1. The highest BCUT2D eigenvalue weighted by atomic mass is 32.1. The summed E-state index contributed by atoms with van der Waals surface area (Å²) in [7, 11) is 1.22. The highest BCUT2D eigenvalue weighted by Gasteiger charge is 2.38. The van der Waals surface area contributed by atoms with Gasteiger partial charge in [-0.3, -0.25) is 13.9 Å². The highest BCUT2D eigenvalue weighted by Crippen LogP contribution is 2.38. The van der Waals surface area contributed by atoms with E-state index in [9.17, 15) is 27.6 Å². The Bertz CT molecular complexity index is 1270. The number of carbonyl (C=O) groups excluding carboxylic acids is 1. The summed E-state index contributed by atoms with van der Waals surface area (Å²) in [6.45, 7) is 4.33. The summed E-state index contributed by atoms with van der Waals surface area (Å²) < 4.78 is 46.0. The van der Waals surface area contributed by atoms with Crippen molar-refractivity contribution >= 4 is 33.6 Å². The molecule has 2 fully saturated rings. The van der Waals surface area contributed by atoms with Crippen LogP contribution >= 0.6 is 11.3 Å². The Morgan fingerprint density at radius 1 is 1.29 bits per heavy atom. The number of rotatable bonds is 5. The third-order valence-corrected chi connectivity index (χ3v) is 7.87. The topological polar surface area (TPSA) is 97.9 Å². The summed E-state index contributed by atoms with van der Waals surface area (Å²) in [5.41, 5.74) is -1.25. The van der Waals surface area contributed by atoms with Gasteiger partial charge in [0.1, 0.15) is 4.83 Å². The molecule has 0 spiro atoms. The maximum Gasteiger partial charge on any atom is 0.436 e. The fourth-order valence-electron chi connectivity index (χ4n) is 4.46. The average Bonchev–Trinajstić information content (AvgIpc) is 3.30. The summed E-state index contributed by atoms with van der Waals surface area (Å²) in [5.74, 6) is 0.317. The zero-order valence-electron chi connectivity index (χ0n) is 19.1. The van der Waals surface area contributed by atoms with Gasteiger partial charge < -0.3 is 15.0 Å². The van der Waals surface area contributed by atoms with Crippen LogP contribution in [0.3, 0.4) is 0 Å². The van der Waals surface area contributed by atoms with Gasteiger partial charge in [-0.15, -0.1) is 16.3 Å². The molecule has 2 aromatic rings. The molecule has 2 aliphatic rings. The lowest BCUT2D eigenvalue weighted by atomic mass is 9.78. The van der Waals surface area contributed by atoms with Crippen molar-refractivity contribution in [1.29, 1.82) is 0 Å². The van der Waals surface area contributed by atoms with Gasteiger partial charge in [0.05, 0.1) is 25.5 Å². The number of halogens is 3. The van der Waals surface area contributed by atoms with Crippen LogP contribution in [0.1, 0.15) is 43.0 Å². The first kappa shape index (κ1) is 24.3. The minimum absolute atomic E-state index is 0.240. The lowest BCUT2D eigenvalue weighted by molar-refractivity contribution is -0.136. The fourth-order valence-corrected chi connectivity index (χ4v) is 5.79. The number of methoxy groups -OCH3 is 1. The van der Waals surface area contributed by atoms with Crippen molar-refractivity contribution < 1.29 is 22.7 Å². The van der Waals surface area contributed by atoms with Crippen LogP contribution in [-0.4, -0.2) is 52.5 Å². The number of aryl methyl sites for hydroxylation is 2. The Morgan fingerprint density at radius 2 is 2.00 bits per heavy atom. The molecule has 0 atom stereocenters. The standard InChI is InChI=1S/C21H26F3N5O4S/c1-12-13(11-27-10-8-25-17(27)26-18(31)33-3)34-16-14(12)15(30)29(20(2)5-4-6-20)19(32)28(16)9-7-21(22,23)24/h4-11H2,1-3H3,(H,25,26,31). The SMILES string of the molecule is COC(=O)/N=C1\NCCN1Cc1sc2c(c1C)c(=O)n(C1(C)CCC1)c(=O)n2CCC(F)(F)F. The summed E-state index contributed by atoms with van der Waals surface area (Å²) >= 11 is 1.13. The summed E-state index contributed by atoms with van der Waals surface area (Å²) in [4.78, 5) is 45.0. The molecule has 3 heterocycles. The summed E-state index contributed by atoms with van der Waals surface area (Å²) in [6.07, 6.45) is -4.29. The van der Waals surface area contributed by atoms with E-state index in [1.54, 1.807) is 18.7 Å². The Morgan fingerprint density at radius 3 is 2.59 bits per heavy atom. The first-order valence-electron chi connectivity index (χ1n) is 11.0. The molecule has 1 saturated heterocycles. The van der Waals surface area contributed by atoms with Crippen LogP contribution in [0.2, 0.25) is 0 Å². The molecule has 0 bridgehead atoms. The number of ether oxygens (including phenoxy) is 1. The van der Waals surface area contributed by atoms with Crippen molar-refractivity contribution in [3.05, 3.63) is 31.3 Å². The second kappa shape index (κ2) is 8.75. The lowest BCUT2D eigenvalue weighted by Crippen LogP contribution is -2.53. The average molecular weight is 502 g/mol. The normalized spacial score (nSPS) is 18.9. The van der Waals surface area contributed by atoms with Crippen LogP contribution in [0, 0.1) is 6.92 Å². The number of carbonyl (C=O) groups is 1. The van der Waals surface area contributed by atoms with Gasteiger partial charge in [0.2, 0.25) is 5.96 Å². The van der Waals surface area contributed by atoms with Crippen LogP contribution in [-0.2, 0) is 23.4 Å². The van der Waals surface area contributed by atoms with Crippen molar-refractivity contribution in [1.82, 2.24) is 19.4 Å². The van der Waals surface area contributed by atoms with Gasteiger partial charge in [-0.2, -0.15) is 13.2 Å². The van der Waals surface area contributed by atoms with Crippen LogP contribution in [0.4, 0.5) is 18.0 Å². The minimum atomic E-state index is -4.44. The van der Waals surface area contributed by atoms with Crippen LogP contribution in [0.15, 0.2) is 14.6 Å². The van der Waals surface area contributed by atoms with Crippen LogP contribution < -0.4 is 16.6 Å². The maximum atomic E-state index is 13.5. The molecule has 1 aliphatic carbocycles. The molecule has 0 unspecified atom stereocenters. The van der Waals surface area contributed by atoms with Gasteiger partial charge in [-0.1, -0.05) is 0 Å². The predicted molar refractivity (Wildman–Crippen MR) is 122 cm³/mol. The van der Waals surface area contributed by atoms with E-state index >= 15 is 0 Å². The molecule has 186 valence electrons. The van der Waals surface area contributed by atoms with E-state index in [2.05, 4.69) is 15.0 Å². The Balaban J connectivity index is 1.83. The number of aliphatic imine (C=N–C) groups is 1. The minimum Gasteiger partial charge on any atom is -0.451 e. The van der Waals surface area contributed by atoms with E-state index in [4.69, 9.17) is 0 Å². The molecule has 4 rings (SSSR count). The fraction of sp³-hybridized carbons (Fsp3) is 0.619. The van der Waals surface area contributed by atoms with Crippen molar-refractivity contribution in [2.45, 2.75) is 64.3 Å². The van der Waals surface area contributed by atoms with E-state index in [1.807, 2.05) is 0 Å². The summed E-state index contributed by atoms with van der Waals surface area (Å²) in [6, 6.07) is 0. The van der Waals surface area contributed by atoms with E-state index in [-0.39, 0.29) is 16.8 Å². The highest BCUT2D eigenvalue weighted by molar-refractivity contribution is 7.18. The smallest absolute Gasteiger partial charge is 0.436 e. The van der Waals surface area contributed by atoms with Crippen molar-refractivity contribution in [2.75, 3.05) is 20.2 Å². The molecular weight excluding hydrogens is 475 g/mol. The number of guanidine groups is 1. The number of fused-ring (bicyclic) bond motifs is 1. The van der Waals surface area contributed by atoms with Crippen LogP contribution in [0.25, 0.3) is 10.2 Å². The van der Waals surface area contributed by atoms with Gasteiger partial charge in [-0.25, -0.2) is 9.59 Å². The molecule has 1 amide bonds. The lowest BCUT2D eigenvalue weighted by Gasteiger charge is -2.39. The molecule has 1 N–H and O–H groups in total. The quantitative estimate of drug-likeness (QED) is 0.677. The molecule has 2 aromatic heterocycles. The van der Waals surface area contributed by atoms with Gasteiger partial charge in [-0.05, 0) is 38.7 Å². The molecule has 0 aromatic carbocycles. The zero-order valence-corrected chi connectivity index (χ0v) is 19.9. The number of amides is 1. The molecule has 9 nitrogen and oxygen atoms in total. The van der Waals surface area contributed by atoms with Gasteiger partial charge in [0.15, 0.2) is 0 Å². The number of nitrogens with zero attached hydrogens (tertiary/aromatic N) is 4. The van der Waals surface area contributed by atoms with Crippen molar-refractivity contribution in [3.63, 3.8) is 0 Å². The molecule has 1 aliphatic heterocycles. The molecule has 13 heteroatoms. The largest absolute Gasteiger partial charge is 0.451 e. The molecule has 34 heavy (non-hydrogen) atoms. The molecule has 1 saturated carbocycles. The van der Waals surface area contributed by atoms with E-state index in [1.165, 1.54) is 7.11 Å². The summed E-state index contributed by atoms with van der Waals surface area (Å²) in [5, 5.41) is 3.26. The number of aromatic nitrogens is 2. The maximum absolute atomic E-state index is 13.5. The Labute approximate surface area is 196 Å². The molecule has 0 radical (unpaired) electrons. The van der Waals surface area contributed by atoms with E-state index in [0.29, 0.717) is 42.3 Å². The van der Waals surface area contributed by atoms with Crippen molar-refractivity contribution in [3.8, 4) is 0 Å². The predicted octanol–water partition coefficient (Wildman–Crippen LogP) is 2.91. The van der Waals surface area contributed by atoms with Gasteiger partial charge in [0, 0.05) is 30.1 Å². The van der Waals surface area contributed by atoms with E-state index < -0.39 is 42.0 Å². The molecular formula is C21H26F3N5O4S. The van der Waals surface area contributed by atoms with Gasteiger partial charge in [0.25, 0.3) is 5.56 Å². The van der Waals surface area contributed by atoms with Gasteiger partial charge >= 0.3 is 18.0 Å². The Hall–Kier alpha value is -2.83. The Kier molecular flexibility index (Phi) is 6.25. The number of hydrogen-bond donors (Lipinski definition) is 1. The second-order valence-corrected chi connectivity index (χ2v) is 9.96. The van der Waals surface area contributed by atoms with E-state index in [0.717, 1.165) is 26.9 Å². The zero-order chi connectivity index (χ0) is 24.8. The number of hydrogen-bond acceptors (Lipinski definition) is 5. The first-order valence-corrected chi connectivity index (χ1v) is 11.8.